The number of ether oxygens (including phenoxy) is 1. The van der Waals surface area contributed by atoms with Gasteiger partial charge in [-0.2, -0.15) is 4.98 Å². The first kappa shape index (κ1) is 20.8. The number of carbonyl (C=O) groups excluding carboxylic acids is 1. The minimum Gasteiger partial charge on any atom is -0.482 e. The van der Waals surface area contributed by atoms with Crippen LogP contribution in [-0.4, -0.2) is 31.1 Å². The fourth-order valence-corrected chi connectivity index (χ4v) is 4.10. The Labute approximate surface area is 177 Å². The summed E-state index contributed by atoms with van der Waals surface area (Å²) in [5, 5.41) is 3.84. The molecular formula is C20H19FN4O5S. The van der Waals surface area contributed by atoms with Crippen LogP contribution in [0.2, 0.25) is 0 Å². The zero-order valence-electron chi connectivity index (χ0n) is 16.8. The number of carbonyl (C=O) groups is 1. The number of amides is 1. The largest absolute Gasteiger partial charge is 0.482 e. The number of halogens is 1. The molecule has 1 aliphatic heterocycles. The molecule has 31 heavy (non-hydrogen) atoms. The van der Waals surface area contributed by atoms with Crippen molar-refractivity contribution in [1.29, 1.82) is 0 Å². The predicted molar refractivity (Wildman–Crippen MR) is 109 cm³/mol. The highest BCUT2D eigenvalue weighted by atomic mass is 32.2. The van der Waals surface area contributed by atoms with Crippen LogP contribution < -0.4 is 14.4 Å². The summed E-state index contributed by atoms with van der Waals surface area (Å²) in [5.74, 6) is 0.168. The van der Waals surface area contributed by atoms with Crippen LogP contribution in [0.3, 0.4) is 0 Å². The Kier molecular flexibility index (Phi) is 5.36. The molecule has 0 saturated heterocycles. The molecule has 0 spiro atoms. The number of aromatic nitrogens is 2. The summed E-state index contributed by atoms with van der Waals surface area (Å²) in [4.78, 5) is 17.9. The van der Waals surface area contributed by atoms with Gasteiger partial charge in [0.2, 0.25) is 5.89 Å². The van der Waals surface area contributed by atoms with Crippen LogP contribution in [0, 0.1) is 12.7 Å². The Morgan fingerprint density at radius 2 is 2.03 bits per heavy atom. The third-order valence-electron chi connectivity index (χ3n) is 4.72. The number of aryl methyl sites for hydroxylation is 2. The zero-order valence-corrected chi connectivity index (χ0v) is 17.6. The summed E-state index contributed by atoms with van der Waals surface area (Å²) in [7, 11) is -4.05. The van der Waals surface area contributed by atoms with Crippen molar-refractivity contribution in [2.75, 3.05) is 16.2 Å². The normalized spacial score (nSPS) is 13.6. The summed E-state index contributed by atoms with van der Waals surface area (Å²) in [5.41, 5.74) is 0.747. The van der Waals surface area contributed by atoms with E-state index in [1.165, 1.54) is 35.2 Å². The lowest BCUT2D eigenvalue weighted by Gasteiger charge is -2.28. The molecule has 1 aromatic heterocycles. The van der Waals surface area contributed by atoms with E-state index in [0.29, 0.717) is 29.4 Å². The summed E-state index contributed by atoms with van der Waals surface area (Å²) >= 11 is 0. The molecule has 11 heteroatoms. The molecule has 2 aromatic carbocycles. The SMILES string of the molecule is CCc1nc(CN2C(=O)COc3ccc(S(=O)(=O)Nc4ccc(C)c(F)c4)cc32)no1. The number of hydrogen-bond donors (Lipinski definition) is 1. The molecule has 0 aliphatic carbocycles. The Morgan fingerprint density at radius 3 is 2.74 bits per heavy atom. The van der Waals surface area contributed by atoms with Gasteiger partial charge in [-0.15, -0.1) is 0 Å². The van der Waals surface area contributed by atoms with Crippen LogP contribution in [0.5, 0.6) is 5.75 Å². The van der Waals surface area contributed by atoms with E-state index in [4.69, 9.17) is 9.26 Å². The molecule has 0 unspecified atom stereocenters. The molecule has 9 nitrogen and oxygen atoms in total. The van der Waals surface area contributed by atoms with Crippen molar-refractivity contribution in [3.05, 3.63) is 59.5 Å². The molecule has 2 heterocycles. The highest BCUT2D eigenvalue weighted by Gasteiger charge is 2.29. The van der Waals surface area contributed by atoms with Crippen molar-refractivity contribution >= 4 is 27.3 Å². The van der Waals surface area contributed by atoms with Crippen LogP contribution >= 0.6 is 0 Å². The van der Waals surface area contributed by atoms with Crippen molar-refractivity contribution in [3.8, 4) is 5.75 Å². The van der Waals surface area contributed by atoms with Gasteiger partial charge in [0, 0.05) is 6.42 Å². The number of hydrogen-bond acceptors (Lipinski definition) is 7. The van der Waals surface area contributed by atoms with Gasteiger partial charge >= 0.3 is 0 Å². The highest BCUT2D eigenvalue weighted by molar-refractivity contribution is 7.92. The fourth-order valence-electron chi connectivity index (χ4n) is 3.03. The maximum atomic E-state index is 13.8. The Hall–Kier alpha value is -3.47. The second-order valence-electron chi connectivity index (χ2n) is 6.93. The molecule has 1 amide bonds. The molecule has 0 atom stereocenters. The number of anilines is 2. The lowest BCUT2D eigenvalue weighted by molar-refractivity contribution is -0.121. The van der Waals surface area contributed by atoms with Crippen LogP contribution in [0.4, 0.5) is 15.8 Å². The lowest BCUT2D eigenvalue weighted by Crippen LogP contribution is -2.38. The molecule has 1 N–H and O–H groups in total. The van der Waals surface area contributed by atoms with Crippen LogP contribution in [0.25, 0.3) is 0 Å². The summed E-state index contributed by atoms with van der Waals surface area (Å²) in [6.45, 7) is 3.24. The number of rotatable bonds is 6. The fraction of sp³-hybridized carbons (Fsp3) is 0.250. The monoisotopic (exact) mass is 446 g/mol. The number of nitrogens with one attached hydrogen (secondary N) is 1. The van der Waals surface area contributed by atoms with E-state index in [2.05, 4.69) is 14.9 Å². The minimum absolute atomic E-state index is 0.00119. The first-order valence-electron chi connectivity index (χ1n) is 9.44. The van der Waals surface area contributed by atoms with E-state index >= 15 is 0 Å². The average molecular weight is 446 g/mol. The predicted octanol–water partition coefficient (Wildman–Crippen LogP) is 2.81. The number of benzene rings is 2. The smallest absolute Gasteiger partial charge is 0.265 e. The molecule has 0 fully saturated rings. The van der Waals surface area contributed by atoms with Crippen molar-refractivity contribution in [3.63, 3.8) is 0 Å². The topological polar surface area (TPSA) is 115 Å². The second kappa shape index (κ2) is 7.99. The van der Waals surface area contributed by atoms with Crippen molar-refractivity contribution in [2.45, 2.75) is 31.7 Å². The van der Waals surface area contributed by atoms with Gasteiger partial charge in [-0.1, -0.05) is 18.1 Å². The summed E-state index contributed by atoms with van der Waals surface area (Å²) < 4.78 is 52.3. The van der Waals surface area contributed by atoms with E-state index in [9.17, 15) is 17.6 Å². The quantitative estimate of drug-likeness (QED) is 0.619. The number of sulfonamides is 1. The number of fused-ring (bicyclic) bond motifs is 1. The molecule has 0 saturated carbocycles. The van der Waals surface area contributed by atoms with Gasteiger partial charge in [0.1, 0.15) is 11.6 Å². The van der Waals surface area contributed by atoms with Crippen molar-refractivity contribution < 1.29 is 26.9 Å². The Balaban J connectivity index is 1.65. The Bertz CT molecular complexity index is 1260. The lowest BCUT2D eigenvalue weighted by atomic mass is 10.2. The molecule has 1 aliphatic rings. The van der Waals surface area contributed by atoms with Crippen LogP contribution in [0.1, 0.15) is 24.2 Å². The Morgan fingerprint density at radius 1 is 1.23 bits per heavy atom. The van der Waals surface area contributed by atoms with Gasteiger partial charge < -0.3 is 9.26 Å². The zero-order chi connectivity index (χ0) is 22.2. The van der Waals surface area contributed by atoms with Gasteiger partial charge in [-0.25, -0.2) is 12.8 Å². The standard InChI is InChI=1S/C20H19FN4O5S/c1-3-19-22-18(23-30-19)10-25-16-9-14(6-7-17(16)29-11-20(25)26)31(27,28)24-13-5-4-12(2)15(21)8-13/h4-9,24H,3,10-11H2,1-2H3. The van der Waals surface area contributed by atoms with Crippen molar-refractivity contribution in [1.82, 2.24) is 10.1 Å². The third-order valence-corrected chi connectivity index (χ3v) is 6.10. The van der Waals surface area contributed by atoms with Gasteiger partial charge in [-0.05, 0) is 42.8 Å². The molecule has 162 valence electrons. The van der Waals surface area contributed by atoms with E-state index in [1.807, 2.05) is 6.92 Å². The molecular weight excluding hydrogens is 427 g/mol. The molecule has 4 rings (SSSR count). The average Bonchev–Trinajstić information content (AvgIpc) is 3.20. The van der Waals surface area contributed by atoms with E-state index in [-0.39, 0.29) is 35.3 Å². The highest BCUT2D eigenvalue weighted by Crippen LogP contribution is 2.35. The molecule has 3 aromatic rings. The maximum absolute atomic E-state index is 13.8. The van der Waals surface area contributed by atoms with E-state index in [0.717, 1.165) is 6.07 Å². The maximum Gasteiger partial charge on any atom is 0.265 e. The number of nitrogens with zero attached hydrogens (tertiary/aromatic N) is 3. The second-order valence-corrected chi connectivity index (χ2v) is 8.61. The molecule has 0 radical (unpaired) electrons. The van der Waals surface area contributed by atoms with Gasteiger partial charge in [0.05, 0.1) is 22.8 Å². The summed E-state index contributed by atoms with van der Waals surface area (Å²) in [6.07, 6.45) is 0.550. The minimum atomic E-state index is -4.05. The van der Waals surface area contributed by atoms with E-state index in [1.54, 1.807) is 6.92 Å². The van der Waals surface area contributed by atoms with Crippen molar-refractivity contribution in [2.24, 2.45) is 0 Å². The van der Waals surface area contributed by atoms with E-state index < -0.39 is 15.8 Å². The third kappa shape index (κ3) is 4.22. The van der Waals surface area contributed by atoms with Crippen LogP contribution in [0.15, 0.2) is 45.8 Å². The van der Waals surface area contributed by atoms with Gasteiger partial charge in [0.15, 0.2) is 12.4 Å². The summed E-state index contributed by atoms with van der Waals surface area (Å²) in [6, 6.07) is 8.18. The van der Waals surface area contributed by atoms with Gasteiger partial charge in [-0.3, -0.25) is 14.4 Å². The first-order chi connectivity index (χ1) is 14.8. The first-order valence-corrected chi connectivity index (χ1v) is 10.9. The van der Waals surface area contributed by atoms with Crippen LogP contribution in [-0.2, 0) is 27.8 Å². The van der Waals surface area contributed by atoms with Gasteiger partial charge in [0.25, 0.3) is 15.9 Å². The molecule has 0 bridgehead atoms.